The fourth-order valence-corrected chi connectivity index (χ4v) is 1.41. The van der Waals surface area contributed by atoms with Crippen LogP contribution in [-0.2, 0) is 4.79 Å². The molecule has 0 bridgehead atoms. The van der Waals surface area contributed by atoms with Crippen molar-refractivity contribution in [3.63, 3.8) is 0 Å². The molecule has 1 aromatic carbocycles. The van der Waals surface area contributed by atoms with Gasteiger partial charge in [0, 0.05) is 0 Å². The molecule has 0 spiro atoms. The van der Waals surface area contributed by atoms with Crippen LogP contribution in [0.3, 0.4) is 0 Å². The van der Waals surface area contributed by atoms with Crippen molar-refractivity contribution in [2.24, 2.45) is 0 Å². The molecule has 0 amide bonds. The highest BCUT2D eigenvalue weighted by Crippen LogP contribution is 2.38. The van der Waals surface area contributed by atoms with E-state index in [1.165, 1.54) is 13.0 Å². The first-order chi connectivity index (χ1) is 8.12. The molecular weight excluding hydrogens is 220 g/mol. The second-order valence-electron chi connectivity index (χ2n) is 3.40. The maximum Gasteiger partial charge on any atom is 0.203 e. The molecule has 0 atom stereocenters. The van der Waals surface area contributed by atoms with Gasteiger partial charge >= 0.3 is 0 Å². The monoisotopic (exact) mass is 236 g/mol. The fourth-order valence-electron chi connectivity index (χ4n) is 1.41. The number of hydrogen-bond donors (Lipinski definition) is 0. The molecule has 0 heterocycles. The van der Waals surface area contributed by atoms with Crippen LogP contribution in [0.2, 0.25) is 0 Å². The molecule has 1 aromatic rings. The zero-order valence-corrected chi connectivity index (χ0v) is 10.4. The molecule has 0 saturated heterocycles. The molecule has 0 fully saturated rings. The van der Waals surface area contributed by atoms with Crippen LogP contribution in [0.15, 0.2) is 18.2 Å². The molecule has 1 rings (SSSR count). The van der Waals surface area contributed by atoms with Crippen molar-refractivity contribution in [3.8, 4) is 17.2 Å². The van der Waals surface area contributed by atoms with Crippen molar-refractivity contribution >= 4 is 11.9 Å². The van der Waals surface area contributed by atoms with E-state index < -0.39 is 0 Å². The molecule has 4 heteroatoms. The number of rotatable bonds is 5. The number of ketones is 1. The number of allylic oxidation sites excluding steroid dienone is 1. The van der Waals surface area contributed by atoms with Gasteiger partial charge in [0.15, 0.2) is 17.3 Å². The molecule has 0 N–H and O–H groups in total. The number of benzene rings is 1. The van der Waals surface area contributed by atoms with E-state index in [2.05, 4.69) is 0 Å². The zero-order chi connectivity index (χ0) is 12.8. The van der Waals surface area contributed by atoms with Crippen LogP contribution in [-0.4, -0.2) is 27.1 Å². The van der Waals surface area contributed by atoms with Gasteiger partial charge in [-0.05, 0) is 30.7 Å². The molecule has 4 nitrogen and oxygen atoms in total. The number of carbonyl (C=O) groups is 1. The highest BCUT2D eigenvalue weighted by Gasteiger charge is 2.11. The minimum Gasteiger partial charge on any atom is -0.493 e. The summed E-state index contributed by atoms with van der Waals surface area (Å²) in [4.78, 5) is 10.9. The van der Waals surface area contributed by atoms with Gasteiger partial charge in [-0.2, -0.15) is 0 Å². The largest absolute Gasteiger partial charge is 0.493 e. The van der Waals surface area contributed by atoms with E-state index >= 15 is 0 Å². The summed E-state index contributed by atoms with van der Waals surface area (Å²) in [5.41, 5.74) is 0.815. The van der Waals surface area contributed by atoms with Crippen LogP contribution in [0, 0.1) is 0 Å². The molecule has 92 valence electrons. The van der Waals surface area contributed by atoms with Crippen molar-refractivity contribution in [2.75, 3.05) is 21.3 Å². The normalized spacial score (nSPS) is 10.4. The van der Waals surface area contributed by atoms with Gasteiger partial charge in [0.2, 0.25) is 5.75 Å². The number of carbonyl (C=O) groups excluding carboxylic acids is 1. The predicted octanol–water partition coefficient (Wildman–Crippen LogP) is 2.31. The molecule has 0 aliphatic rings. The Labute approximate surface area is 101 Å². The molecule has 0 aliphatic carbocycles. The number of ether oxygens (including phenoxy) is 3. The van der Waals surface area contributed by atoms with Gasteiger partial charge in [-0.1, -0.05) is 6.08 Å². The summed E-state index contributed by atoms with van der Waals surface area (Å²) >= 11 is 0. The molecule has 0 aliphatic heterocycles. The third-order valence-electron chi connectivity index (χ3n) is 2.20. The van der Waals surface area contributed by atoms with Crippen LogP contribution in [0.25, 0.3) is 6.08 Å². The van der Waals surface area contributed by atoms with E-state index in [1.54, 1.807) is 39.5 Å². The predicted molar refractivity (Wildman–Crippen MR) is 65.8 cm³/mol. The van der Waals surface area contributed by atoms with E-state index in [9.17, 15) is 4.79 Å². The van der Waals surface area contributed by atoms with Crippen LogP contribution < -0.4 is 14.2 Å². The average Bonchev–Trinajstić information content (AvgIpc) is 2.34. The van der Waals surface area contributed by atoms with Crippen molar-refractivity contribution < 1.29 is 19.0 Å². The lowest BCUT2D eigenvalue weighted by atomic mass is 10.1. The third-order valence-corrected chi connectivity index (χ3v) is 2.20. The molecule has 0 saturated carbocycles. The summed E-state index contributed by atoms with van der Waals surface area (Å²) < 4.78 is 15.6. The second-order valence-corrected chi connectivity index (χ2v) is 3.40. The van der Waals surface area contributed by atoms with E-state index in [-0.39, 0.29) is 5.78 Å². The van der Waals surface area contributed by atoms with Crippen LogP contribution in [0.4, 0.5) is 0 Å². The Morgan fingerprint density at radius 2 is 1.59 bits per heavy atom. The topological polar surface area (TPSA) is 44.8 Å². The zero-order valence-electron chi connectivity index (χ0n) is 10.4. The molecule has 0 unspecified atom stereocenters. The van der Waals surface area contributed by atoms with E-state index in [4.69, 9.17) is 14.2 Å². The van der Waals surface area contributed by atoms with E-state index in [0.29, 0.717) is 17.2 Å². The van der Waals surface area contributed by atoms with Crippen molar-refractivity contribution in [1.29, 1.82) is 0 Å². The van der Waals surface area contributed by atoms with Crippen molar-refractivity contribution in [1.82, 2.24) is 0 Å². The number of hydrogen-bond acceptors (Lipinski definition) is 4. The summed E-state index contributed by atoms with van der Waals surface area (Å²) in [6.07, 6.45) is 3.19. The van der Waals surface area contributed by atoms with Gasteiger partial charge in [-0.15, -0.1) is 0 Å². The van der Waals surface area contributed by atoms with Crippen molar-refractivity contribution in [2.45, 2.75) is 6.92 Å². The smallest absolute Gasteiger partial charge is 0.203 e. The second kappa shape index (κ2) is 5.94. The lowest BCUT2D eigenvalue weighted by Crippen LogP contribution is -1.95. The van der Waals surface area contributed by atoms with Gasteiger partial charge in [0.05, 0.1) is 21.3 Å². The van der Waals surface area contributed by atoms with Crippen LogP contribution in [0.5, 0.6) is 17.2 Å². The maximum absolute atomic E-state index is 10.9. The first-order valence-corrected chi connectivity index (χ1v) is 5.11. The Morgan fingerprint density at radius 1 is 1.06 bits per heavy atom. The van der Waals surface area contributed by atoms with Gasteiger partial charge < -0.3 is 14.2 Å². The minimum absolute atomic E-state index is 0.0150. The molecule has 0 radical (unpaired) electrons. The van der Waals surface area contributed by atoms with Gasteiger partial charge in [-0.25, -0.2) is 0 Å². The SMILES string of the molecule is COc1cc(/C=C/C(C)=O)cc(OC)c1OC. The van der Waals surface area contributed by atoms with Gasteiger partial charge in [-0.3, -0.25) is 4.79 Å². The van der Waals surface area contributed by atoms with Gasteiger partial charge in [0.1, 0.15) is 0 Å². The first-order valence-electron chi connectivity index (χ1n) is 5.11. The summed E-state index contributed by atoms with van der Waals surface area (Å²) in [6.45, 7) is 1.49. The first kappa shape index (κ1) is 13.1. The summed E-state index contributed by atoms with van der Waals surface area (Å²) in [5.74, 6) is 1.65. The minimum atomic E-state index is -0.0150. The molecular formula is C13H16O4. The van der Waals surface area contributed by atoms with E-state index in [1.807, 2.05) is 0 Å². The quantitative estimate of drug-likeness (QED) is 0.736. The standard InChI is InChI=1S/C13H16O4/c1-9(14)5-6-10-7-11(15-2)13(17-4)12(8-10)16-3/h5-8H,1-4H3/b6-5+. The Bertz CT molecular complexity index is 410. The summed E-state index contributed by atoms with van der Waals surface area (Å²) in [6, 6.07) is 3.56. The average molecular weight is 236 g/mol. The number of methoxy groups -OCH3 is 3. The van der Waals surface area contributed by atoms with Crippen LogP contribution in [0.1, 0.15) is 12.5 Å². The maximum atomic E-state index is 10.9. The lowest BCUT2D eigenvalue weighted by Gasteiger charge is -2.12. The van der Waals surface area contributed by atoms with E-state index in [0.717, 1.165) is 5.56 Å². The van der Waals surface area contributed by atoms with Crippen LogP contribution >= 0.6 is 0 Å². The Balaban J connectivity index is 3.22. The fraction of sp³-hybridized carbons (Fsp3) is 0.308. The Hall–Kier alpha value is -1.97. The van der Waals surface area contributed by atoms with Crippen molar-refractivity contribution in [3.05, 3.63) is 23.8 Å². The third kappa shape index (κ3) is 3.24. The lowest BCUT2D eigenvalue weighted by molar-refractivity contribution is -0.112. The van der Waals surface area contributed by atoms with Gasteiger partial charge in [0.25, 0.3) is 0 Å². The highest BCUT2D eigenvalue weighted by molar-refractivity contribution is 5.91. The molecule has 17 heavy (non-hydrogen) atoms. The molecule has 0 aromatic heterocycles. The Kier molecular flexibility index (Phi) is 4.57. The summed E-state index contributed by atoms with van der Waals surface area (Å²) in [5, 5.41) is 0. The Morgan fingerprint density at radius 3 is 1.94 bits per heavy atom. The summed E-state index contributed by atoms with van der Waals surface area (Å²) in [7, 11) is 4.65. The highest BCUT2D eigenvalue weighted by atomic mass is 16.5.